The van der Waals surface area contributed by atoms with E-state index in [2.05, 4.69) is 0 Å². The zero-order valence-corrected chi connectivity index (χ0v) is 19.9. The number of sulfone groups is 1. The molecule has 1 unspecified atom stereocenters. The maximum absolute atomic E-state index is 14.2. The van der Waals surface area contributed by atoms with Crippen LogP contribution in [0.2, 0.25) is 0 Å². The van der Waals surface area contributed by atoms with Crippen molar-refractivity contribution in [1.29, 1.82) is 0 Å². The summed E-state index contributed by atoms with van der Waals surface area (Å²) < 4.78 is 45.1. The summed E-state index contributed by atoms with van der Waals surface area (Å²) in [4.78, 5) is 28.4. The second-order valence-electron chi connectivity index (χ2n) is 9.66. The number of amides is 2. The van der Waals surface area contributed by atoms with Crippen LogP contribution in [0.15, 0.2) is 24.3 Å². The Kier molecular flexibility index (Phi) is 7.47. The van der Waals surface area contributed by atoms with Gasteiger partial charge in [0.1, 0.15) is 11.4 Å². The maximum atomic E-state index is 14.2. The van der Waals surface area contributed by atoms with Crippen molar-refractivity contribution in [3.05, 3.63) is 35.6 Å². The van der Waals surface area contributed by atoms with Gasteiger partial charge < -0.3 is 14.5 Å². The van der Waals surface area contributed by atoms with E-state index in [4.69, 9.17) is 4.74 Å². The summed E-state index contributed by atoms with van der Waals surface area (Å²) in [6.07, 6.45) is 1.59. The van der Waals surface area contributed by atoms with Crippen LogP contribution in [0.5, 0.6) is 0 Å². The standard InChI is InChI=1S/C23H33FN2O5S/c1-23(2,3)31-22(28)26-11-8-17(9-12-26)16-21(27)25-13-10-20(32(29,30)15-14-25)18-6-4-5-7-19(18)24/h4-7,17,20H,8-16H2,1-3H3. The summed E-state index contributed by atoms with van der Waals surface area (Å²) in [5, 5.41) is -0.932. The zero-order chi connectivity index (χ0) is 23.5. The van der Waals surface area contributed by atoms with E-state index in [0.29, 0.717) is 32.4 Å². The molecular weight excluding hydrogens is 435 g/mol. The first-order chi connectivity index (χ1) is 15.0. The molecule has 0 aromatic heterocycles. The number of halogens is 1. The van der Waals surface area contributed by atoms with Crippen LogP contribution in [-0.2, 0) is 19.4 Å². The quantitative estimate of drug-likeness (QED) is 0.677. The third-order valence-corrected chi connectivity index (χ3v) is 8.18. The molecule has 2 fully saturated rings. The number of hydrogen-bond acceptors (Lipinski definition) is 5. The molecule has 178 valence electrons. The van der Waals surface area contributed by atoms with Crippen LogP contribution in [-0.4, -0.2) is 67.8 Å². The number of piperidine rings is 1. The number of nitrogens with zero attached hydrogens (tertiary/aromatic N) is 2. The van der Waals surface area contributed by atoms with Gasteiger partial charge in [0.05, 0.1) is 11.0 Å². The fourth-order valence-corrected chi connectivity index (χ4v) is 6.10. The van der Waals surface area contributed by atoms with Crippen molar-refractivity contribution in [3.63, 3.8) is 0 Å². The molecule has 2 amide bonds. The lowest BCUT2D eigenvalue weighted by Crippen LogP contribution is -2.43. The van der Waals surface area contributed by atoms with E-state index >= 15 is 0 Å². The number of likely N-dealkylation sites (tertiary alicyclic amines) is 1. The van der Waals surface area contributed by atoms with E-state index in [1.54, 1.807) is 15.9 Å². The van der Waals surface area contributed by atoms with Crippen LogP contribution >= 0.6 is 0 Å². The predicted octanol–water partition coefficient (Wildman–Crippen LogP) is 3.55. The first-order valence-corrected chi connectivity index (χ1v) is 12.9. The Bertz CT molecular complexity index is 936. The molecule has 7 nitrogen and oxygen atoms in total. The summed E-state index contributed by atoms with van der Waals surface area (Å²) in [5.41, 5.74) is -0.367. The number of carbonyl (C=O) groups is 2. The molecule has 2 aliphatic heterocycles. The highest BCUT2D eigenvalue weighted by atomic mass is 32.2. The molecule has 1 atom stereocenters. The van der Waals surface area contributed by atoms with Gasteiger partial charge in [-0.1, -0.05) is 18.2 Å². The highest BCUT2D eigenvalue weighted by Crippen LogP contribution is 2.32. The Morgan fingerprint density at radius 1 is 1.03 bits per heavy atom. The van der Waals surface area contributed by atoms with Crippen molar-refractivity contribution in [2.75, 3.05) is 31.9 Å². The van der Waals surface area contributed by atoms with Crippen LogP contribution < -0.4 is 0 Å². The van der Waals surface area contributed by atoms with Gasteiger partial charge in [-0.3, -0.25) is 4.79 Å². The molecule has 32 heavy (non-hydrogen) atoms. The molecule has 0 N–H and O–H groups in total. The van der Waals surface area contributed by atoms with Gasteiger partial charge in [0.25, 0.3) is 0 Å². The fraction of sp³-hybridized carbons (Fsp3) is 0.652. The third-order valence-electron chi connectivity index (χ3n) is 6.07. The van der Waals surface area contributed by atoms with E-state index < -0.39 is 26.5 Å². The van der Waals surface area contributed by atoms with Crippen LogP contribution in [0.3, 0.4) is 0 Å². The average molecular weight is 469 g/mol. The third kappa shape index (κ3) is 6.21. The molecule has 1 aromatic carbocycles. The summed E-state index contributed by atoms with van der Waals surface area (Å²) >= 11 is 0. The van der Waals surface area contributed by atoms with Crippen LogP contribution in [0.1, 0.15) is 57.3 Å². The minimum Gasteiger partial charge on any atom is -0.444 e. The first kappa shape index (κ1) is 24.5. The summed E-state index contributed by atoms with van der Waals surface area (Å²) in [6, 6.07) is 5.94. The van der Waals surface area contributed by atoms with Crippen molar-refractivity contribution in [3.8, 4) is 0 Å². The van der Waals surface area contributed by atoms with Crippen LogP contribution in [0.25, 0.3) is 0 Å². The average Bonchev–Trinajstić information content (AvgIpc) is 2.86. The van der Waals surface area contributed by atoms with Crippen molar-refractivity contribution < 1.29 is 27.1 Å². The largest absolute Gasteiger partial charge is 0.444 e. The topological polar surface area (TPSA) is 84.0 Å². The monoisotopic (exact) mass is 468 g/mol. The minimum atomic E-state index is -3.56. The molecule has 1 aromatic rings. The highest BCUT2D eigenvalue weighted by Gasteiger charge is 2.35. The Hall–Kier alpha value is -2.16. The second-order valence-corrected chi connectivity index (χ2v) is 12.0. The lowest BCUT2D eigenvalue weighted by molar-refractivity contribution is -0.132. The zero-order valence-electron chi connectivity index (χ0n) is 19.0. The summed E-state index contributed by atoms with van der Waals surface area (Å²) in [5.74, 6) is -0.638. The van der Waals surface area contributed by atoms with E-state index in [-0.39, 0.29) is 48.7 Å². The van der Waals surface area contributed by atoms with Gasteiger partial charge in [-0.25, -0.2) is 17.6 Å². The van der Waals surface area contributed by atoms with Crippen LogP contribution in [0, 0.1) is 11.7 Å². The SMILES string of the molecule is CC(C)(C)OC(=O)N1CCC(CC(=O)N2CCC(c3ccccc3F)S(=O)(=O)CC2)CC1. The molecule has 2 aliphatic rings. The number of benzene rings is 1. The van der Waals surface area contributed by atoms with Crippen molar-refractivity contribution in [1.82, 2.24) is 9.80 Å². The Balaban J connectivity index is 1.55. The van der Waals surface area contributed by atoms with Gasteiger partial charge in [0.15, 0.2) is 9.84 Å². The molecule has 9 heteroatoms. The van der Waals surface area contributed by atoms with E-state index in [0.717, 1.165) is 0 Å². The molecule has 0 bridgehead atoms. The molecule has 2 heterocycles. The molecule has 0 aliphatic carbocycles. The first-order valence-electron chi connectivity index (χ1n) is 11.2. The molecule has 2 saturated heterocycles. The lowest BCUT2D eigenvalue weighted by Gasteiger charge is -2.34. The number of ether oxygens (including phenoxy) is 1. The Morgan fingerprint density at radius 2 is 1.66 bits per heavy atom. The van der Waals surface area contributed by atoms with Gasteiger partial charge in [-0.2, -0.15) is 0 Å². The van der Waals surface area contributed by atoms with Crippen LogP contribution in [0.4, 0.5) is 9.18 Å². The second kappa shape index (κ2) is 9.77. The molecule has 0 spiro atoms. The molecular formula is C23H33FN2O5S. The van der Waals surface area contributed by atoms with Gasteiger partial charge in [0, 0.05) is 38.2 Å². The van der Waals surface area contributed by atoms with E-state index in [1.165, 1.54) is 18.2 Å². The number of hydrogen-bond donors (Lipinski definition) is 0. The van der Waals surface area contributed by atoms with Gasteiger partial charge >= 0.3 is 6.09 Å². The Morgan fingerprint density at radius 3 is 2.28 bits per heavy atom. The fourth-order valence-electron chi connectivity index (χ4n) is 4.30. The van der Waals surface area contributed by atoms with Crippen molar-refractivity contribution in [2.45, 2.75) is 57.3 Å². The molecule has 0 saturated carbocycles. The number of carbonyl (C=O) groups excluding carboxylic acids is 2. The highest BCUT2D eigenvalue weighted by molar-refractivity contribution is 7.91. The summed E-state index contributed by atoms with van der Waals surface area (Å²) in [6.45, 7) is 6.97. The van der Waals surface area contributed by atoms with Gasteiger partial charge in [-0.05, 0) is 52.0 Å². The van der Waals surface area contributed by atoms with Gasteiger partial charge in [-0.15, -0.1) is 0 Å². The smallest absolute Gasteiger partial charge is 0.410 e. The minimum absolute atomic E-state index is 0.0786. The van der Waals surface area contributed by atoms with Gasteiger partial charge in [0.2, 0.25) is 5.91 Å². The normalized spacial score (nSPS) is 22.3. The predicted molar refractivity (Wildman–Crippen MR) is 119 cm³/mol. The Labute approximate surface area is 189 Å². The molecule has 0 radical (unpaired) electrons. The summed E-state index contributed by atoms with van der Waals surface area (Å²) in [7, 11) is -3.56. The van der Waals surface area contributed by atoms with Crippen molar-refractivity contribution in [2.24, 2.45) is 5.92 Å². The van der Waals surface area contributed by atoms with Crippen molar-refractivity contribution >= 4 is 21.8 Å². The number of rotatable bonds is 3. The maximum Gasteiger partial charge on any atom is 0.410 e. The molecule has 3 rings (SSSR count). The lowest BCUT2D eigenvalue weighted by atomic mass is 9.93. The van der Waals surface area contributed by atoms with E-state index in [9.17, 15) is 22.4 Å². The van der Waals surface area contributed by atoms with E-state index in [1.807, 2.05) is 20.8 Å².